The van der Waals surface area contributed by atoms with Crippen LogP contribution >= 0.6 is 11.8 Å². The molecule has 4 nitrogen and oxygen atoms in total. The third kappa shape index (κ3) is 3.63. The van der Waals surface area contributed by atoms with Gasteiger partial charge in [0, 0.05) is 4.90 Å². The smallest absolute Gasteiger partial charge is 0.315 e. The second-order valence-corrected chi connectivity index (χ2v) is 8.02. The molecule has 2 aromatic carbocycles. The van der Waals surface area contributed by atoms with Crippen LogP contribution in [0.1, 0.15) is 38.2 Å². The predicted molar refractivity (Wildman–Crippen MR) is 104 cm³/mol. The molecule has 1 heterocycles. The average molecular weight is 369 g/mol. The number of carbonyl (C=O) groups is 2. The first kappa shape index (κ1) is 18.5. The Hall–Kier alpha value is -2.27. The molecule has 26 heavy (non-hydrogen) atoms. The molecule has 0 aliphatic carbocycles. The van der Waals surface area contributed by atoms with Gasteiger partial charge in [0.2, 0.25) is 5.91 Å². The number of unbranched alkanes of at least 4 members (excludes halogenated alkanes) is 1. The van der Waals surface area contributed by atoms with Crippen molar-refractivity contribution in [2.45, 2.75) is 42.2 Å². The van der Waals surface area contributed by atoms with Gasteiger partial charge in [0.1, 0.15) is 10.7 Å². The lowest BCUT2D eigenvalue weighted by atomic mass is 9.85. The largest absolute Gasteiger partial charge is 0.465 e. The van der Waals surface area contributed by atoms with Gasteiger partial charge in [-0.2, -0.15) is 0 Å². The van der Waals surface area contributed by atoms with Crippen molar-refractivity contribution in [1.29, 1.82) is 0 Å². The molecular formula is C21H23NO3S. The number of anilines is 1. The zero-order chi connectivity index (χ0) is 18.6. The molecule has 2 unspecified atom stereocenters. The summed E-state index contributed by atoms with van der Waals surface area (Å²) in [6.07, 6.45) is 1.76. The van der Waals surface area contributed by atoms with Gasteiger partial charge < -0.3 is 10.1 Å². The maximum atomic E-state index is 13.0. The number of amides is 1. The Bertz CT molecular complexity index is 793. The summed E-state index contributed by atoms with van der Waals surface area (Å²) in [5, 5.41) is 2.96. The molecule has 1 amide bonds. The second kappa shape index (κ2) is 7.96. The monoisotopic (exact) mass is 369 g/mol. The Labute approximate surface area is 158 Å². The Kier molecular flexibility index (Phi) is 5.67. The molecule has 0 spiro atoms. The predicted octanol–water partition coefficient (Wildman–Crippen LogP) is 4.62. The Morgan fingerprint density at radius 1 is 1.15 bits per heavy atom. The highest BCUT2D eigenvalue weighted by Gasteiger charge is 2.50. The molecule has 0 saturated carbocycles. The number of rotatable bonds is 6. The van der Waals surface area contributed by atoms with E-state index in [1.54, 1.807) is 0 Å². The van der Waals surface area contributed by atoms with Crippen LogP contribution in [0.15, 0.2) is 59.5 Å². The van der Waals surface area contributed by atoms with Crippen molar-refractivity contribution in [1.82, 2.24) is 0 Å². The number of esters is 1. The molecule has 0 saturated heterocycles. The van der Waals surface area contributed by atoms with Crippen molar-refractivity contribution in [3.8, 4) is 0 Å². The lowest BCUT2D eigenvalue weighted by Crippen LogP contribution is -2.48. The fourth-order valence-electron chi connectivity index (χ4n) is 3.10. The van der Waals surface area contributed by atoms with Gasteiger partial charge in [-0.25, -0.2) is 0 Å². The summed E-state index contributed by atoms with van der Waals surface area (Å²) in [7, 11) is 0. The topological polar surface area (TPSA) is 55.4 Å². The van der Waals surface area contributed by atoms with Crippen LogP contribution in [0.3, 0.4) is 0 Å². The van der Waals surface area contributed by atoms with Crippen molar-refractivity contribution in [3.05, 3.63) is 60.2 Å². The molecule has 1 N–H and O–H groups in total. The van der Waals surface area contributed by atoms with E-state index in [2.05, 4.69) is 5.32 Å². The molecular weight excluding hydrogens is 346 g/mol. The van der Waals surface area contributed by atoms with Crippen LogP contribution in [0.25, 0.3) is 0 Å². The minimum absolute atomic E-state index is 0.178. The van der Waals surface area contributed by atoms with E-state index in [1.807, 2.05) is 68.4 Å². The number of carbonyl (C=O) groups excluding carboxylic acids is 2. The highest BCUT2D eigenvalue weighted by Crippen LogP contribution is 2.49. The van der Waals surface area contributed by atoms with E-state index < -0.39 is 10.7 Å². The molecule has 0 bridgehead atoms. The fourth-order valence-corrected chi connectivity index (χ4v) is 4.42. The van der Waals surface area contributed by atoms with Gasteiger partial charge in [-0.05, 0) is 31.0 Å². The number of para-hydroxylation sites is 1. The van der Waals surface area contributed by atoms with E-state index in [4.69, 9.17) is 4.74 Å². The first-order valence-corrected chi connectivity index (χ1v) is 9.69. The maximum Gasteiger partial charge on any atom is 0.315 e. The standard InChI is InChI=1S/C21H23NO3S/c1-3-4-14-25-19(23)18(15-10-6-5-7-11-15)21(2)20(24)22-16-12-8-9-13-17(16)26-21/h5-13,18H,3-4,14H2,1-2H3,(H,22,24). The highest BCUT2D eigenvalue weighted by molar-refractivity contribution is 8.01. The molecule has 2 atom stereocenters. The van der Waals surface area contributed by atoms with Gasteiger partial charge in [-0.1, -0.05) is 55.8 Å². The van der Waals surface area contributed by atoms with Gasteiger partial charge in [0.25, 0.3) is 0 Å². The first-order chi connectivity index (χ1) is 12.6. The Morgan fingerprint density at radius 2 is 1.85 bits per heavy atom. The second-order valence-electron chi connectivity index (χ2n) is 6.52. The van der Waals surface area contributed by atoms with E-state index >= 15 is 0 Å². The van der Waals surface area contributed by atoms with Crippen LogP contribution < -0.4 is 5.32 Å². The SMILES string of the molecule is CCCCOC(=O)C(c1ccccc1)C1(C)Sc2ccccc2NC1=O. The van der Waals surface area contributed by atoms with E-state index in [0.29, 0.717) is 6.61 Å². The van der Waals surface area contributed by atoms with Crippen LogP contribution in [0.2, 0.25) is 0 Å². The lowest BCUT2D eigenvalue weighted by Gasteiger charge is -2.38. The van der Waals surface area contributed by atoms with Crippen LogP contribution in [0.5, 0.6) is 0 Å². The Balaban J connectivity index is 1.98. The van der Waals surface area contributed by atoms with Crippen LogP contribution in [-0.2, 0) is 14.3 Å². The zero-order valence-corrected chi connectivity index (χ0v) is 15.8. The number of nitrogens with one attached hydrogen (secondary N) is 1. The normalized spacial score (nSPS) is 20.0. The number of hydrogen-bond donors (Lipinski definition) is 1. The van der Waals surface area contributed by atoms with Gasteiger partial charge in [-0.3, -0.25) is 9.59 Å². The molecule has 136 valence electrons. The number of hydrogen-bond acceptors (Lipinski definition) is 4. The van der Waals surface area contributed by atoms with Gasteiger partial charge in [0.05, 0.1) is 12.3 Å². The maximum absolute atomic E-state index is 13.0. The van der Waals surface area contributed by atoms with Crippen LogP contribution in [-0.4, -0.2) is 23.2 Å². The molecule has 1 aliphatic heterocycles. The fraction of sp³-hybridized carbons (Fsp3) is 0.333. The van der Waals surface area contributed by atoms with Crippen molar-refractivity contribution < 1.29 is 14.3 Å². The molecule has 2 aromatic rings. The van der Waals surface area contributed by atoms with Gasteiger partial charge in [-0.15, -0.1) is 11.8 Å². The molecule has 0 aromatic heterocycles. The van der Waals surface area contributed by atoms with E-state index in [-0.39, 0.29) is 11.9 Å². The zero-order valence-electron chi connectivity index (χ0n) is 15.0. The quantitative estimate of drug-likeness (QED) is 0.596. The summed E-state index contributed by atoms with van der Waals surface area (Å²) in [5.41, 5.74) is 1.57. The minimum atomic E-state index is -0.987. The minimum Gasteiger partial charge on any atom is -0.465 e. The van der Waals surface area contributed by atoms with Crippen molar-refractivity contribution in [2.24, 2.45) is 0 Å². The lowest BCUT2D eigenvalue weighted by molar-refractivity contribution is -0.147. The number of ether oxygens (including phenoxy) is 1. The number of fused-ring (bicyclic) bond motifs is 1. The van der Waals surface area contributed by atoms with Crippen molar-refractivity contribution in [3.63, 3.8) is 0 Å². The molecule has 3 rings (SSSR count). The Morgan fingerprint density at radius 3 is 2.58 bits per heavy atom. The highest BCUT2D eigenvalue weighted by atomic mass is 32.2. The van der Waals surface area contributed by atoms with E-state index in [9.17, 15) is 9.59 Å². The summed E-state index contributed by atoms with van der Waals surface area (Å²) >= 11 is 1.43. The van der Waals surface area contributed by atoms with Crippen molar-refractivity contribution in [2.75, 3.05) is 11.9 Å². The summed E-state index contributed by atoms with van der Waals surface area (Å²) < 4.78 is 4.53. The molecule has 0 radical (unpaired) electrons. The summed E-state index contributed by atoms with van der Waals surface area (Å²) in [5.74, 6) is -1.21. The third-order valence-electron chi connectivity index (χ3n) is 4.57. The van der Waals surface area contributed by atoms with Crippen LogP contribution in [0, 0.1) is 0 Å². The van der Waals surface area contributed by atoms with E-state index in [1.165, 1.54) is 11.8 Å². The third-order valence-corrected chi connectivity index (χ3v) is 5.99. The van der Waals surface area contributed by atoms with Crippen molar-refractivity contribution >= 4 is 29.3 Å². The number of benzene rings is 2. The van der Waals surface area contributed by atoms with Gasteiger partial charge >= 0.3 is 5.97 Å². The summed E-state index contributed by atoms with van der Waals surface area (Å²) in [6, 6.07) is 17.1. The van der Waals surface area contributed by atoms with E-state index in [0.717, 1.165) is 29.0 Å². The number of thioether (sulfide) groups is 1. The average Bonchev–Trinajstić information content (AvgIpc) is 2.64. The summed E-state index contributed by atoms with van der Waals surface area (Å²) in [6.45, 7) is 4.24. The molecule has 1 aliphatic rings. The molecule has 5 heteroatoms. The molecule has 0 fully saturated rings. The summed E-state index contributed by atoms with van der Waals surface area (Å²) in [4.78, 5) is 26.9. The van der Waals surface area contributed by atoms with Crippen LogP contribution in [0.4, 0.5) is 5.69 Å². The van der Waals surface area contributed by atoms with Gasteiger partial charge in [0.15, 0.2) is 0 Å². The first-order valence-electron chi connectivity index (χ1n) is 8.87.